The van der Waals surface area contributed by atoms with Crippen molar-refractivity contribution in [2.24, 2.45) is 0 Å². The molecule has 0 aromatic heterocycles. The summed E-state index contributed by atoms with van der Waals surface area (Å²) in [7, 11) is 0. The number of aliphatic hydroxyl groups is 2. The number of epoxide rings is 1. The molecule has 23 heavy (non-hydrogen) atoms. The summed E-state index contributed by atoms with van der Waals surface area (Å²) < 4.78 is 5.69. The van der Waals surface area contributed by atoms with Crippen LogP contribution in [0.5, 0.6) is 0 Å². The summed E-state index contributed by atoms with van der Waals surface area (Å²) in [6.07, 6.45) is -2.06. The number of hydrogen-bond acceptors (Lipinski definition) is 3. The Bertz CT molecular complexity index is 976. The first-order valence-electron chi connectivity index (χ1n) is 8.05. The second-order valence-corrected chi connectivity index (χ2v) is 6.74. The minimum absolute atomic E-state index is 0.0913. The van der Waals surface area contributed by atoms with E-state index in [1.54, 1.807) is 0 Å². The highest BCUT2D eigenvalue weighted by atomic mass is 16.6. The molecule has 1 aliphatic heterocycles. The molecule has 0 saturated carbocycles. The maximum atomic E-state index is 10.4. The molecule has 5 rings (SSSR count). The predicted octanol–water partition coefficient (Wildman–Crippen LogP) is 3.46. The minimum atomic E-state index is -0.871. The van der Waals surface area contributed by atoms with Crippen LogP contribution < -0.4 is 0 Å². The SMILES string of the molecule is Cc1c(C)c2c3c(ccc2c2ccccc12)C(O)C(O)C1OC31. The summed E-state index contributed by atoms with van der Waals surface area (Å²) in [5.41, 5.74) is 4.37. The Morgan fingerprint density at radius 3 is 2.39 bits per heavy atom. The van der Waals surface area contributed by atoms with E-state index >= 15 is 0 Å². The average Bonchev–Trinajstić information content (AvgIpc) is 3.37. The van der Waals surface area contributed by atoms with Crippen molar-refractivity contribution in [3.05, 3.63) is 58.7 Å². The van der Waals surface area contributed by atoms with Gasteiger partial charge in [-0.05, 0) is 57.6 Å². The molecule has 4 unspecified atom stereocenters. The van der Waals surface area contributed by atoms with Crippen molar-refractivity contribution in [2.75, 3.05) is 0 Å². The van der Waals surface area contributed by atoms with Crippen molar-refractivity contribution in [1.29, 1.82) is 0 Å². The van der Waals surface area contributed by atoms with Crippen molar-refractivity contribution in [3.63, 3.8) is 0 Å². The Kier molecular flexibility index (Phi) is 2.54. The molecule has 3 nitrogen and oxygen atoms in total. The van der Waals surface area contributed by atoms with Gasteiger partial charge in [0, 0.05) is 0 Å². The van der Waals surface area contributed by atoms with E-state index in [0.29, 0.717) is 0 Å². The predicted molar refractivity (Wildman–Crippen MR) is 89.5 cm³/mol. The summed E-state index contributed by atoms with van der Waals surface area (Å²) in [4.78, 5) is 0. The summed E-state index contributed by atoms with van der Waals surface area (Å²) in [6.45, 7) is 4.29. The third kappa shape index (κ3) is 1.59. The fraction of sp³-hybridized carbons (Fsp3) is 0.300. The first kappa shape index (κ1) is 13.5. The van der Waals surface area contributed by atoms with Crippen molar-refractivity contribution < 1.29 is 14.9 Å². The van der Waals surface area contributed by atoms with E-state index < -0.39 is 12.2 Å². The van der Waals surface area contributed by atoms with Crippen molar-refractivity contribution >= 4 is 21.5 Å². The standard InChI is InChI=1S/C20H18O3/c1-9-10(2)15-13(12-6-4-3-5-11(9)12)7-8-14-16(15)19-20(23-19)18(22)17(14)21/h3-8,17-22H,1-2H3. The van der Waals surface area contributed by atoms with Crippen LogP contribution >= 0.6 is 0 Å². The van der Waals surface area contributed by atoms with Crippen molar-refractivity contribution in [2.45, 2.75) is 38.3 Å². The Morgan fingerprint density at radius 1 is 0.870 bits per heavy atom. The molecule has 4 atom stereocenters. The lowest BCUT2D eigenvalue weighted by Gasteiger charge is -2.26. The summed E-state index contributed by atoms with van der Waals surface area (Å²) in [5, 5.41) is 25.4. The lowest BCUT2D eigenvalue weighted by atomic mass is 9.81. The van der Waals surface area contributed by atoms with Gasteiger partial charge in [0.15, 0.2) is 0 Å². The van der Waals surface area contributed by atoms with Gasteiger partial charge in [0.25, 0.3) is 0 Å². The molecular formula is C20H18O3. The van der Waals surface area contributed by atoms with Crippen molar-refractivity contribution in [1.82, 2.24) is 0 Å². The second kappa shape index (κ2) is 4.32. The fourth-order valence-electron chi connectivity index (χ4n) is 4.24. The van der Waals surface area contributed by atoms with E-state index in [1.165, 1.54) is 32.7 Å². The van der Waals surface area contributed by atoms with Gasteiger partial charge in [-0.1, -0.05) is 36.4 Å². The van der Waals surface area contributed by atoms with E-state index in [-0.39, 0.29) is 12.2 Å². The highest BCUT2D eigenvalue weighted by Gasteiger charge is 2.54. The van der Waals surface area contributed by atoms with Crippen LogP contribution in [0.4, 0.5) is 0 Å². The second-order valence-electron chi connectivity index (χ2n) is 6.74. The number of ether oxygens (including phenoxy) is 1. The summed E-state index contributed by atoms with van der Waals surface area (Å²) in [6, 6.07) is 12.5. The molecule has 116 valence electrons. The number of aliphatic hydroxyl groups excluding tert-OH is 2. The molecule has 3 aromatic carbocycles. The summed E-state index contributed by atoms with van der Waals surface area (Å²) in [5.74, 6) is 0. The molecular weight excluding hydrogens is 288 g/mol. The van der Waals surface area contributed by atoms with E-state index in [2.05, 4.69) is 44.2 Å². The molecule has 0 radical (unpaired) electrons. The van der Waals surface area contributed by atoms with Gasteiger partial charge in [0.2, 0.25) is 0 Å². The molecule has 1 fully saturated rings. The van der Waals surface area contributed by atoms with Crippen molar-refractivity contribution in [3.8, 4) is 0 Å². The van der Waals surface area contributed by atoms with Gasteiger partial charge in [-0.2, -0.15) is 0 Å². The third-order valence-electron chi connectivity index (χ3n) is 5.63. The Balaban J connectivity index is 1.97. The van der Waals surface area contributed by atoms with E-state index in [0.717, 1.165) is 11.1 Å². The van der Waals surface area contributed by atoms with Crippen LogP contribution in [-0.4, -0.2) is 22.4 Å². The lowest BCUT2D eigenvalue weighted by Crippen LogP contribution is -2.29. The van der Waals surface area contributed by atoms with Crippen LogP contribution in [0.3, 0.4) is 0 Å². The van der Waals surface area contributed by atoms with Gasteiger partial charge in [-0.15, -0.1) is 0 Å². The quantitative estimate of drug-likeness (QED) is 0.494. The van der Waals surface area contributed by atoms with Crippen LogP contribution in [0.1, 0.15) is 34.5 Å². The molecule has 0 amide bonds. The van der Waals surface area contributed by atoms with Gasteiger partial charge in [-0.3, -0.25) is 0 Å². The lowest BCUT2D eigenvalue weighted by molar-refractivity contribution is 0.000104. The minimum Gasteiger partial charge on any atom is -0.387 e. The Labute approximate surface area is 134 Å². The van der Waals surface area contributed by atoms with E-state index in [4.69, 9.17) is 4.74 Å². The van der Waals surface area contributed by atoms with E-state index in [1.807, 2.05) is 6.07 Å². The third-order valence-corrected chi connectivity index (χ3v) is 5.63. The normalized spacial score (nSPS) is 28.7. The molecule has 0 spiro atoms. The molecule has 1 saturated heterocycles. The first-order chi connectivity index (χ1) is 11.1. The van der Waals surface area contributed by atoms with Gasteiger partial charge in [-0.25, -0.2) is 0 Å². The van der Waals surface area contributed by atoms with Crippen LogP contribution in [-0.2, 0) is 4.74 Å². The average molecular weight is 306 g/mol. The zero-order chi connectivity index (χ0) is 15.9. The van der Waals surface area contributed by atoms with Crippen LogP contribution in [0.15, 0.2) is 36.4 Å². The first-order valence-corrected chi connectivity index (χ1v) is 8.05. The van der Waals surface area contributed by atoms with Gasteiger partial charge in [0.05, 0.1) is 0 Å². The summed E-state index contributed by atoms with van der Waals surface area (Å²) >= 11 is 0. The van der Waals surface area contributed by atoms with Gasteiger partial charge >= 0.3 is 0 Å². The Hall–Kier alpha value is -1.94. The largest absolute Gasteiger partial charge is 0.387 e. The molecule has 1 aliphatic carbocycles. The highest BCUT2D eigenvalue weighted by Crippen LogP contribution is 2.54. The number of aryl methyl sites for hydroxylation is 2. The van der Waals surface area contributed by atoms with Crippen LogP contribution in [0.25, 0.3) is 21.5 Å². The zero-order valence-electron chi connectivity index (χ0n) is 13.1. The molecule has 2 aliphatic rings. The van der Waals surface area contributed by atoms with E-state index in [9.17, 15) is 10.2 Å². The molecule has 0 bridgehead atoms. The number of rotatable bonds is 0. The number of fused-ring (bicyclic) bond motifs is 7. The molecule has 2 N–H and O–H groups in total. The van der Waals surface area contributed by atoms with Crippen LogP contribution in [0.2, 0.25) is 0 Å². The smallest absolute Gasteiger partial charge is 0.118 e. The zero-order valence-corrected chi connectivity index (χ0v) is 13.1. The molecule has 3 aromatic rings. The number of benzene rings is 3. The maximum Gasteiger partial charge on any atom is 0.118 e. The maximum absolute atomic E-state index is 10.4. The molecule has 1 heterocycles. The monoisotopic (exact) mass is 306 g/mol. The van der Waals surface area contributed by atoms with Gasteiger partial charge in [0.1, 0.15) is 24.4 Å². The van der Waals surface area contributed by atoms with Gasteiger partial charge < -0.3 is 14.9 Å². The molecule has 3 heteroatoms. The number of hydrogen-bond donors (Lipinski definition) is 2. The Morgan fingerprint density at radius 2 is 1.61 bits per heavy atom. The fourth-order valence-corrected chi connectivity index (χ4v) is 4.24. The van der Waals surface area contributed by atoms with Crippen LogP contribution in [0, 0.1) is 13.8 Å². The topological polar surface area (TPSA) is 53.0 Å². The highest BCUT2D eigenvalue weighted by molar-refractivity contribution is 6.12.